The Morgan fingerprint density at radius 3 is 2.47 bits per heavy atom. The predicted molar refractivity (Wildman–Crippen MR) is 77.6 cm³/mol. The summed E-state index contributed by atoms with van der Waals surface area (Å²) in [7, 11) is 0. The fraction of sp³-hybridized carbons (Fsp3) is 0.143. The second-order valence-corrected chi connectivity index (χ2v) is 5.19. The first-order valence-electron chi connectivity index (χ1n) is 5.39. The molecule has 0 aliphatic carbocycles. The number of anilines is 1. The number of hydrogen-bond donors (Lipinski definition) is 1. The summed E-state index contributed by atoms with van der Waals surface area (Å²) in [6.45, 7) is 2.41. The third-order valence-corrected chi connectivity index (χ3v) is 3.30. The van der Waals surface area contributed by atoms with Crippen molar-refractivity contribution >= 4 is 28.3 Å². The van der Waals surface area contributed by atoms with Crippen molar-refractivity contribution in [3.63, 3.8) is 0 Å². The smallest absolute Gasteiger partial charge is 0.126 e. The van der Waals surface area contributed by atoms with Crippen LogP contribution in [0, 0.1) is 16.3 Å². The Morgan fingerprint density at radius 2 is 1.82 bits per heavy atom. The van der Waals surface area contributed by atoms with Gasteiger partial charge >= 0.3 is 0 Å². The first-order valence-corrected chi connectivity index (χ1v) is 6.47. The summed E-state index contributed by atoms with van der Waals surface area (Å²) in [5.41, 5.74) is 2.68. The highest BCUT2D eigenvalue weighted by atomic mass is 127. The molecule has 17 heavy (non-hydrogen) atoms. The summed E-state index contributed by atoms with van der Waals surface area (Å²) >= 11 is 2.27. The van der Waals surface area contributed by atoms with E-state index in [1.54, 1.807) is 19.1 Å². The number of nitrogens with one attached hydrogen (secondary N) is 1. The molecule has 3 heteroatoms. The maximum atomic E-state index is 13.3. The van der Waals surface area contributed by atoms with Crippen LogP contribution in [-0.2, 0) is 6.54 Å². The van der Waals surface area contributed by atoms with E-state index in [0.717, 1.165) is 11.3 Å². The lowest BCUT2D eigenvalue weighted by Gasteiger charge is -2.07. The lowest BCUT2D eigenvalue weighted by molar-refractivity contribution is 0.616. The zero-order valence-corrected chi connectivity index (χ0v) is 11.7. The van der Waals surface area contributed by atoms with Crippen LogP contribution < -0.4 is 5.32 Å². The van der Waals surface area contributed by atoms with Gasteiger partial charge in [-0.2, -0.15) is 0 Å². The van der Waals surface area contributed by atoms with Crippen molar-refractivity contribution in [2.24, 2.45) is 0 Å². The van der Waals surface area contributed by atoms with Crippen LogP contribution in [0.3, 0.4) is 0 Å². The van der Waals surface area contributed by atoms with Gasteiger partial charge in [-0.05, 0) is 71.0 Å². The van der Waals surface area contributed by atoms with E-state index in [2.05, 4.69) is 27.9 Å². The SMILES string of the molecule is Cc1ccc(CNc2ccc(I)cc2)cc1F. The maximum absolute atomic E-state index is 13.3. The van der Waals surface area contributed by atoms with Gasteiger partial charge in [0, 0.05) is 15.8 Å². The van der Waals surface area contributed by atoms with E-state index < -0.39 is 0 Å². The highest BCUT2D eigenvalue weighted by molar-refractivity contribution is 14.1. The molecular weight excluding hydrogens is 328 g/mol. The van der Waals surface area contributed by atoms with Gasteiger partial charge in [-0.1, -0.05) is 12.1 Å². The first kappa shape index (κ1) is 12.4. The molecule has 0 fully saturated rings. The van der Waals surface area contributed by atoms with Crippen LogP contribution in [0.5, 0.6) is 0 Å². The fourth-order valence-electron chi connectivity index (χ4n) is 1.52. The minimum absolute atomic E-state index is 0.146. The lowest BCUT2D eigenvalue weighted by atomic mass is 10.1. The van der Waals surface area contributed by atoms with Crippen LogP contribution in [0.2, 0.25) is 0 Å². The van der Waals surface area contributed by atoms with Gasteiger partial charge in [-0.15, -0.1) is 0 Å². The Bertz CT molecular complexity index is 508. The maximum Gasteiger partial charge on any atom is 0.126 e. The van der Waals surface area contributed by atoms with E-state index in [1.807, 2.05) is 30.3 Å². The Morgan fingerprint density at radius 1 is 1.12 bits per heavy atom. The Kier molecular flexibility index (Phi) is 3.99. The van der Waals surface area contributed by atoms with Gasteiger partial charge in [-0.3, -0.25) is 0 Å². The lowest BCUT2D eigenvalue weighted by Crippen LogP contribution is -2.00. The number of rotatable bonds is 3. The molecular formula is C14H13FIN. The molecule has 0 aliphatic heterocycles. The zero-order valence-electron chi connectivity index (χ0n) is 9.50. The molecule has 0 saturated heterocycles. The molecule has 0 saturated carbocycles. The highest BCUT2D eigenvalue weighted by Gasteiger charge is 1.99. The molecule has 2 aromatic carbocycles. The van der Waals surface area contributed by atoms with Crippen LogP contribution in [0.4, 0.5) is 10.1 Å². The molecule has 0 heterocycles. The fourth-order valence-corrected chi connectivity index (χ4v) is 1.88. The standard InChI is InChI=1S/C14H13FIN/c1-10-2-3-11(8-14(10)15)9-17-13-6-4-12(16)5-7-13/h2-8,17H,9H2,1H3. The summed E-state index contributed by atoms with van der Waals surface area (Å²) in [5, 5.41) is 3.26. The molecule has 1 N–H and O–H groups in total. The van der Waals surface area contributed by atoms with Crippen molar-refractivity contribution in [2.75, 3.05) is 5.32 Å². The van der Waals surface area contributed by atoms with Gasteiger partial charge in [0.05, 0.1) is 0 Å². The molecule has 0 atom stereocenters. The van der Waals surface area contributed by atoms with Gasteiger partial charge in [0.15, 0.2) is 0 Å². The molecule has 2 aromatic rings. The second-order valence-electron chi connectivity index (χ2n) is 3.94. The second kappa shape index (κ2) is 5.49. The van der Waals surface area contributed by atoms with E-state index in [4.69, 9.17) is 0 Å². The minimum Gasteiger partial charge on any atom is -0.381 e. The third kappa shape index (κ3) is 3.43. The van der Waals surface area contributed by atoms with Crippen LogP contribution in [0.1, 0.15) is 11.1 Å². The normalized spacial score (nSPS) is 10.3. The van der Waals surface area contributed by atoms with Crippen molar-refractivity contribution in [1.29, 1.82) is 0 Å². The molecule has 0 aliphatic rings. The van der Waals surface area contributed by atoms with Crippen LogP contribution in [0.15, 0.2) is 42.5 Å². The van der Waals surface area contributed by atoms with Crippen molar-refractivity contribution in [3.05, 3.63) is 63.0 Å². The summed E-state index contributed by atoms with van der Waals surface area (Å²) in [6.07, 6.45) is 0. The zero-order chi connectivity index (χ0) is 12.3. The van der Waals surface area contributed by atoms with Gasteiger partial charge in [0.25, 0.3) is 0 Å². The Labute approximate surface area is 114 Å². The van der Waals surface area contributed by atoms with Gasteiger partial charge in [0.1, 0.15) is 5.82 Å². The molecule has 2 rings (SSSR count). The molecule has 88 valence electrons. The quantitative estimate of drug-likeness (QED) is 0.819. The summed E-state index contributed by atoms with van der Waals surface area (Å²) in [5.74, 6) is -0.146. The highest BCUT2D eigenvalue weighted by Crippen LogP contribution is 2.14. The minimum atomic E-state index is -0.146. The topological polar surface area (TPSA) is 12.0 Å². The monoisotopic (exact) mass is 341 g/mol. The number of halogens is 2. The molecule has 0 bridgehead atoms. The van der Waals surface area contributed by atoms with Crippen molar-refractivity contribution in [2.45, 2.75) is 13.5 Å². The molecule has 1 nitrogen and oxygen atoms in total. The number of aryl methyl sites for hydroxylation is 1. The molecule has 0 radical (unpaired) electrons. The third-order valence-electron chi connectivity index (χ3n) is 2.58. The van der Waals surface area contributed by atoms with E-state index >= 15 is 0 Å². The van der Waals surface area contributed by atoms with Gasteiger partial charge in [0.2, 0.25) is 0 Å². The number of hydrogen-bond acceptors (Lipinski definition) is 1. The molecule has 0 spiro atoms. The summed E-state index contributed by atoms with van der Waals surface area (Å²) in [6, 6.07) is 13.4. The molecule has 0 unspecified atom stereocenters. The van der Waals surface area contributed by atoms with E-state index in [0.29, 0.717) is 12.1 Å². The van der Waals surface area contributed by atoms with Crippen molar-refractivity contribution in [3.8, 4) is 0 Å². The molecule has 0 amide bonds. The number of benzene rings is 2. The van der Waals surface area contributed by atoms with Gasteiger partial charge in [-0.25, -0.2) is 4.39 Å². The van der Waals surface area contributed by atoms with E-state index in [9.17, 15) is 4.39 Å². The average Bonchev–Trinajstić information content (AvgIpc) is 2.33. The van der Waals surface area contributed by atoms with Gasteiger partial charge < -0.3 is 5.32 Å². The van der Waals surface area contributed by atoms with Crippen LogP contribution >= 0.6 is 22.6 Å². The van der Waals surface area contributed by atoms with Crippen molar-refractivity contribution in [1.82, 2.24) is 0 Å². The largest absolute Gasteiger partial charge is 0.381 e. The summed E-state index contributed by atoms with van der Waals surface area (Å²) in [4.78, 5) is 0. The average molecular weight is 341 g/mol. The molecule has 0 aromatic heterocycles. The van der Waals surface area contributed by atoms with Crippen molar-refractivity contribution < 1.29 is 4.39 Å². The summed E-state index contributed by atoms with van der Waals surface area (Å²) < 4.78 is 14.5. The Balaban J connectivity index is 2.02. The predicted octanol–water partition coefficient (Wildman–Crippen LogP) is 4.35. The van der Waals surface area contributed by atoms with E-state index in [-0.39, 0.29) is 5.82 Å². The van der Waals surface area contributed by atoms with E-state index in [1.165, 1.54) is 3.57 Å². The van der Waals surface area contributed by atoms with Crippen LogP contribution in [0.25, 0.3) is 0 Å². The first-order chi connectivity index (χ1) is 8.15. The Hall–Kier alpha value is -1.10. The van der Waals surface area contributed by atoms with Crippen LogP contribution in [-0.4, -0.2) is 0 Å².